The summed E-state index contributed by atoms with van der Waals surface area (Å²) < 4.78 is 33.6. The molecule has 0 aliphatic heterocycles. The maximum Gasteiger partial charge on any atom is 0.297 e. The Labute approximate surface area is 95.3 Å². The summed E-state index contributed by atoms with van der Waals surface area (Å²) in [5, 5.41) is 0. The third-order valence-corrected chi connectivity index (χ3v) is 4.04. The van der Waals surface area contributed by atoms with Crippen molar-refractivity contribution < 1.29 is 17.3 Å². The van der Waals surface area contributed by atoms with E-state index in [1.807, 2.05) is 0 Å². The van der Waals surface area contributed by atoms with E-state index in [9.17, 15) is 8.42 Å². The predicted octanol–water partition coefficient (Wildman–Crippen LogP) is 1.95. The maximum atomic E-state index is 11.8. The van der Waals surface area contributed by atoms with Crippen LogP contribution in [0.2, 0.25) is 0 Å². The third-order valence-electron chi connectivity index (χ3n) is 2.66. The van der Waals surface area contributed by atoms with E-state index in [1.165, 1.54) is 19.2 Å². The van der Waals surface area contributed by atoms with Gasteiger partial charge in [-0.2, -0.15) is 8.42 Å². The standard InChI is InChI=1S/C11H14O4S/c1-14-9-5-7-11(8-6-9)16(12,13)15-10-3-2-4-10/h5-8,10H,2-4H2,1H3. The number of benzene rings is 1. The summed E-state index contributed by atoms with van der Waals surface area (Å²) in [4.78, 5) is 0.181. The fourth-order valence-electron chi connectivity index (χ4n) is 1.44. The van der Waals surface area contributed by atoms with Gasteiger partial charge in [0.15, 0.2) is 0 Å². The Kier molecular flexibility index (Phi) is 3.16. The van der Waals surface area contributed by atoms with Crippen molar-refractivity contribution in [2.24, 2.45) is 0 Å². The molecular weight excluding hydrogens is 228 g/mol. The summed E-state index contributed by atoms with van der Waals surface area (Å²) in [5.74, 6) is 0.627. The van der Waals surface area contributed by atoms with Crippen LogP contribution >= 0.6 is 0 Å². The van der Waals surface area contributed by atoms with Gasteiger partial charge in [-0.1, -0.05) is 0 Å². The van der Waals surface area contributed by atoms with Crippen molar-refractivity contribution in [3.05, 3.63) is 24.3 Å². The average Bonchev–Trinajstić information content (AvgIpc) is 2.24. The van der Waals surface area contributed by atoms with Crippen LogP contribution in [0, 0.1) is 0 Å². The highest BCUT2D eigenvalue weighted by molar-refractivity contribution is 7.86. The van der Waals surface area contributed by atoms with Crippen molar-refractivity contribution in [2.45, 2.75) is 30.3 Å². The van der Waals surface area contributed by atoms with E-state index in [0.29, 0.717) is 5.75 Å². The Morgan fingerprint density at radius 3 is 2.25 bits per heavy atom. The highest BCUT2D eigenvalue weighted by Gasteiger charge is 2.26. The molecule has 0 bridgehead atoms. The van der Waals surface area contributed by atoms with Crippen molar-refractivity contribution in [3.8, 4) is 5.75 Å². The molecule has 1 aromatic carbocycles. The molecule has 1 aliphatic rings. The molecule has 2 rings (SSSR count). The highest BCUT2D eigenvalue weighted by atomic mass is 32.2. The van der Waals surface area contributed by atoms with E-state index >= 15 is 0 Å². The van der Waals surface area contributed by atoms with Crippen molar-refractivity contribution >= 4 is 10.1 Å². The zero-order valence-electron chi connectivity index (χ0n) is 9.05. The van der Waals surface area contributed by atoms with Crippen LogP contribution in [-0.4, -0.2) is 21.6 Å². The monoisotopic (exact) mass is 242 g/mol. The van der Waals surface area contributed by atoms with Gasteiger partial charge in [-0.15, -0.1) is 0 Å². The van der Waals surface area contributed by atoms with E-state index in [1.54, 1.807) is 12.1 Å². The van der Waals surface area contributed by atoms with Crippen molar-refractivity contribution in [2.75, 3.05) is 7.11 Å². The smallest absolute Gasteiger partial charge is 0.297 e. The van der Waals surface area contributed by atoms with Gasteiger partial charge in [0, 0.05) is 0 Å². The first kappa shape index (κ1) is 11.4. The van der Waals surface area contributed by atoms with Gasteiger partial charge in [0.05, 0.1) is 18.1 Å². The quantitative estimate of drug-likeness (QED) is 0.757. The SMILES string of the molecule is COc1ccc(S(=O)(=O)OC2CCC2)cc1. The van der Waals surface area contributed by atoms with Crippen LogP contribution in [0.4, 0.5) is 0 Å². The largest absolute Gasteiger partial charge is 0.497 e. The van der Waals surface area contributed by atoms with E-state index in [4.69, 9.17) is 8.92 Å². The minimum Gasteiger partial charge on any atom is -0.497 e. The van der Waals surface area contributed by atoms with Crippen LogP contribution in [0.1, 0.15) is 19.3 Å². The molecule has 0 amide bonds. The van der Waals surface area contributed by atoms with Crippen molar-refractivity contribution in [1.82, 2.24) is 0 Å². The summed E-state index contributed by atoms with van der Waals surface area (Å²) in [6.45, 7) is 0. The molecule has 0 saturated heterocycles. The molecule has 16 heavy (non-hydrogen) atoms. The zero-order valence-corrected chi connectivity index (χ0v) is 9.87. The Balaban J connectivity index is 2.14. The first-order valence-electron chi connectivity index (χ1n) is 5.19. The fraction of sp³-hybridized carbons (Fsp3) is 0.455. The van der Waals surface area contributed by atoms with Crippen LogP contribution in [0.25, 0.3) is 0 Å². The second kappa shape index (κ2) is 4.43. The van der Waals surface area contributed by atoms with E-state index in [-0.39, 0.29) is 11.0 Å². The molecule has 0 spiro atoms. The lowest BCUT2D eigenvalue weighted by atomic mass is 9.97. The predicted molar refractivity (Wildman–Crippen MR) is 58.9 cm³/mol. The van der Waals surface area contributed by atoms with E-state index in [2.05, 4.69) is 0 Å². The summed E-state index contributed by atoms with van der Waals surface area (Å²) in [7, 11) is -2.06. The number of hydrogen-bond donors (Lipinski definition) is 0. The fourth-order valence-corrected chi connectivity index (χ4v) is 2.58. The van der Waals surface area contributed by atoms with Gasteiger partial charge in [0.1, 0.15) is 5.75 Å². The topological polar surface area (TPSA) is 52.6 Å². The van der Waals surface area contributed by atoms with Gasteiger partial charge in [0.2, 0.25) is 0 Å². The Morgan fingerprint density at radius 2 is 1.81 bits per heavy atom. The lowest BCUT2D eigenvalue weighted by Crippen LogP contribution is -2.25. The van der Waals surface area contributed by atoms with Crippen molar-refractivity contribution in [1.29, 1.82) is 0 Å². The first-order valence-corrected chi connectivity index (χ1v) is 6.60. The number of rotatable bonds is 4. The first-order chi connectivity index (χ1) is 7.62. The molecule has 0 atom stereocenters. The van der Waals surface area contributed by atoms with Crippen LogP contribution in [-0.2, 0) is 14.3 Å². The lowest BCUT2D eigenvalue weighted by molar-refractivity contribution is 0.127. The minimum absolute atomic E-state index is 0.132. The molecule has 88 valence electrons. The van der Waals surface area contributed by atoms with E-state index < -0.39 is 10.1 Å². The van der Waals surface area contributed by atoms with Gasteiger partial charge in [-0.25, -0.2) is 0 Å². The molecule has 1 saturated carbocycles. The van der Waals surface area contributed by atoms with Crippen molar-refractivity contribution in [3.63, 3.8) is 0 Å². The lowest BCUT2D eigenvalue weighted by Gasteiger charge is -2.24. The van der Waals surface area contributed by atoms with Crippen LogP contribution in [0.3, 0.4) is 0 Å². The summed E-state index contributed by atoms with van der Waals surface area (Å²) in [6.07, 6.45) is 2.57. The molecule has 0 N–H and O–H groups in total. The second-order valence-corrected chi connectivity index (χ2v) is 5.35. The molecule has 1 aromatic rings. The van der Waals surface area contributed by atoms with Gasteiger partial charge >= 0.3 is 0 Å². The molecule has 0 aromatic heterocycles. The maximum absolute atomic E-state index is 11.8. The second-order valence-electron chi connectivity index (χ2n) is 3.78. The summed E-state index contributed by atoms with van der Waals surface area (Å²) in [5.41, 5.74) is 0. The highest BCUT2D eigenvalue weighted by Crippen LogP contribution is 2.27. The number of methoxy groups -OCH3 is 1. The zero-order chi connectivity index (χ0) is 11.6. The van der Waals surface area contributed by atoms with Gasteiger partial charge in [-0.05, 0) is 43.5 Å². The van der Waals surface area contributed by atoms with Crippen LogP contribution in [0.15, 0.2) is 29.2 Å². The van der Waals surface area contributed by atoms with Gasteiger partial charge < -0.3 is 4.74 Å². The number of ether oxygens (including phenoxy) is 1. The Bertz CT molecular complexity index is 445. The van der Waals surface area contributed by atoms with Gasteiger partial charge in [0.25, 0.3) is 10.1 Å². The summed E-state index contributed by atoms with van der Waals surface area (Å²) in [6, 6.07) is 6.20. The molecule has 1 aliphatic carbocycles. The Hall–Kier alpha value is -1.07. The molecule has 5 heteroatoms. The molecule has 1 fully saturated rings. The summed E-state index contributed by atoms with van der Waals surface area (Å²) >= 11 is 0. The third kappa shape index (κ3) is 2.36. The van der Waals surface area contributed by atoms with E-state index in [0.717, 1.165) is 19.3 Å². The van der Waals surface area contributed by atoms with Crippen LogP contribution < -0.4 is 4.74 Å². The molecule has 0 unspecified atom stereocenters. The van der Waals surface area contributed by atoms with Gasteiger partial charge in [-0.3, -0.25) is 4.18 Å². The average molecular weight is 242 g/mol. The Morgan fingerprint density at radius 1 is 1.19 bits per heavy atom. The molecular formula is C11H14O4S. The molecule has 4 nitrogen and oxygen atoms in total. The molecule has 0 heterocycles. The number of hydrogen-bond acceptors (Lipinski definition) is 4. The normalized spacial score (nSPS) is 16.8. The minimum atomic E-state index is -3.60. The van der Waals surface area contributed by atoms with Crippen LogP contribution in [0.5, 0.6) is 5.75 Å². The molecule has 0 radical (unpaired) electrons.